The highest BCUT2D eigenvalue weighted by Gasteiger charge is 2.30. The van der Waals surface area contributed by atoms with Crippen LogP contribution in [0.15, 0.2) is 71.6 Å². The van der Waals surface area contributed by atoms with Gasteiger partial charge in [-0.05, 0) is 36.8 Å². The number of amidine groups is 1. The summed E-state index contributed by atoms with van der Waals surface area (Å²) in [6, 6.07) is 11.3. The molecular weight excluding hydrogens is 428 g/mol. The second-order valence-electron chi connectivity index (χ2n) is 6.91. The molecular formula is C25H32N8O. The molecule has 9 heteroatoms. The van der Waals surface area contributed by atoms with Crippen molar-refractivity contribution in [1.82, 2.24) is 20.0 Å². The van der Waals surface area contributed by atoms with Gasteiger partial charge in [0.15, 0.2) is 11.7 Å². The number of hydrogen-bond donors (Lipinski definition) is 3. The minimum atomic E-state index is -0.0349. The summed E-state index contributed by atoms with van der Waals surface area (Å²) in [6.07, 6.45) is 4.68. The molecule has 0 spiro atoms. The Morgan fingerprint density at radius 3 is 2.47 bits per heavy atom. The molecule has 34 heavy (non-hydrogen) atoms. The zero-order chi connectivity index (χ0) is 24.0. The average molecular weight is 461 g/mol. The highest BCUT2D eigenvalue weighted by Crippen LogP contribution is 2.42. The second-order valence-corrected chi connectivity index (χ2v) is 6.91. The van der Waals surface area contributed by atoms with Gasteiger partial charge in [0.1, 0.15) is 11.5 Å². The Morgan fingerprint density at radius 1 is 1.18 bits per heavy atom. The average Bonchev–Trinajstić information content (AvgIpc) is 3.46. The van der Waals surface area contributed by atoms with Crippen molar-refractivity contribution in [3.63, 3.8) is 0 Å². The van der Waals surface area contributed by atoms with E-state index in [2.05, 4.69) is 27.1 Å². The lowest BCUT2D eigenvalue weighted by Gasteiger charge is -2.21. The number of benzene rings is 1. The van der Waals surface area contributed by atoms with Crippen LogP contribution in [0.25, 0.3) is 11.4 Å². The van der Waals surface area contributed by atoms with Crippen molar-refractivity contribution < 1.29 is 5.11 Å². The SMILES string of the molecule is C.C=CC=NC(=N)/C(C)=C1\Nc2ccc(-c3cnn(C)n3)nc2N1c1ccc(CO)cc1.CC. The van der Waals surface area contributed by atoms with Gasteiger partial charge in [0.05, 0.1) is 24.2 Å². The third-order valence-corrected chi connectivity index (χ3v) is 4.82. The van der Waals surface area contributed by atoms with Crippen molar-refractivity contribution in [2.24, 2.45) is 12.0 Å². The van der Waals surface area contributed by atoms with E-state index < -0.39 is 0 Å². The van der Waals surface area contributed by atoms with E-state index in [0.29, 0.717) is 28.6 Å². The molecule has 0 bridgehead atoms. The normalized spacial score (nSPS) is 13.4. The van der Waals surface area contributed by atoms with Gasteiger partial charge in [-0.3, -0.25) is 10.3 Å². The number of aliphatic hydroxyl groups is 1. The number of allylic oxidation sites excluding steroid dienone is 1. The number of nitrogens with one attached hydrogen (secondary N) is 2. The zero-order valence-corrected chi connectivity index (χ0v) is 19.2. The molecule has 4 rings (SSSR count). The molecule has 3 aromatic rings. The molecule has 0 aliphatic carbocycles. The number of rotatable bonds is 5. The van der Waals surface area contributed by atoms with Gasteiger partial charge in [-0.25, -0.2) is 9.98 Å². The molecule has 1 aromatic carbocycles. The van der Waals surface area contributed by atoms with Crippen LogP contribution in [-0.2, 0) is 13.7 Å². The standard InChI is InChI=1S/C22H22N8O.C2H6.CH4/c1-4-11-24-20(23)14(2)21-27-18-10-9-17(19-12-25-29(3)28-19)26-22(18)30(21)16-7-5-15(13-31)6-8-16;1-2;/h4-12,23,27,31H,1,13H2,2-3H3;1-2H3;1H4/b21-14+,23-20?,24-11?;;. The van der Waals surface area contributed by atoms with Gasteiger partial charge < -0.3 is 10.4 Å². The second kappa shape index (κ2) is 11.7. The quantitative estimate of drug-likeness (QED) is 0.362. The number of pyridine rings is 1. The Morgan fingerprint density at radius 2 is 1.88 bits per heavy atom. The van der Waals surface area contributed by atoms with Crippen LogP contribution in [0, 0.1) is 5.41 Å². The first-order valence-electron chi connectivity index (χ1n) is 10.6. The van der Waals surface area contributed by atoms with E-state index in [1.165, 1.54) is 17.1 Å². The van der Waals surface area contributed by atoms with Crippen LogP contribution >= 0.6 is 0 Å². The van der Waals surface area contributed by atoms with Crippen molar-refractivity contribution in [2.45, 2.75) is 34.8 Å². The van der Waals surface area contributed by atoms with Crippen LogP contribution < -0.4 is 10.2 Å². The van der Waals surface area contributed by atoms with Crippen LogP contribution in [0.2, 0.25) is 0 Å². The van der Waals surface area contributed by atoms with Crippen molar-refractivity contribution >= 4 is 29.2 Å². The summed E-state index contributed by atoms with van der Waals surface area (Å²) in [5.74, 6) is 1.47. The van der Waals surface area contributed by atoms with Crippen molar-refractivity contribution in [3.05, 3.63) is 72.2 Å². The molecule has 0 saturated carbocycles. The maximum atomic E-state index is 9.40. The van der Waals surface area contributed by atoms with E-state index in [9.17, 15) is 5.11 Å². The number of fused-ring (bicyclic) bond motifs is 1. The topological polar surface area (TPSA) is 115 Å². The summed E-state index contributed by atoms with van der Waals surface area (Å²) in [7, 11) is 1.76. The van der Waals surface area contributed by atoms with Gasteiger partial charge in [0, 0.05) is 24.5 Å². The summed E-state index contributed by atoms with van der Waals surface area (Å²) < 4.78 is 0. The molecule has 1 aliphatic heterocycles. The molecule has 9 nitrogen and oxygen atoms in total. The minimum absolute atomic E-state index is 0. The Bertz CT molecular complexity index is 1210. The van der Waals surface area contributed by atoms with Gasteiger partial charge in [0.2, 0.25) is 0 Å². The third-order valence-electron chi connectivity index (χ3n) is 4.82. The number of aryl methyl sites for hydroxylation is 1. The fraction of sp³-hybridized carbons (Fsp3) is 0.240. The maximum absolute atomic E-state index is 9.40. The zero-order valence-electron chi connectivity index (χ0n) is 19.2. The van der Waals surface area contributed by atoms with Crippen LogP contribution in [0.3, 0.4) is 0 Å². The number of aromatic nitrogens is 4. The predicted octanol–water partition coefficient (Wildman–Crippen LogP) is 5.06. The lowest BCUT2D eigenvalue weighted by molar-refractivity contribution is 0.282. The van der Waals surface area contributed by atoms with E-state index in [0.717, 1.165) is 16.9 Å². The van der Waals surface area contributed by atoms with Crippen molar-refractivity contribution in [3.8, 4) is 11.4 Å². The van der Waals surface area contributed by atoms with E-state index in [1.54, 1.807) is 13.2 Å². The lowest BCUT2D eigenvalue weighted by Crippen LogP contribution is -2.19. The molecule has 0 fully saturated rings. The summed E-state index contributed by atoms with van der Waals surface area (Å²) in [4.78, 5) is 12.4. The fourth-order valence-corrected chi connectivity index (χ4v) is 3.21. The van der Waals surface area contributed by atoms with E-state index >= 15 is 0 Å². The Labute approximate surface area is 200 Å². The highest BCUT2D eigenvalue weighted by molar-refractivity contribution is 6.04. The van der Waals surface area contributed by atoms with E-state index in [1.807, 2.05) is 62.1 Å². The van der Waals surface area contributed by atoms with Crippen LogP contribution in [0.4, 0.5) is 17.2 Å². The van der Waals surface area contributed by atoms with Gasteiger partial charge >= 0.3 is 0 Å². The molecule has 1 aliphatic rings. The summed E-state index contributed by atoms with van der Waals surface area (Å²) in [5, 5.41) is 29.6. The summed E-state index contributed by atoms with van der Waals surface area (Å²) >= 11 is 0. The lowest BCUT2D eigenvalue weighted by atomic mass is 10.2. The number of aliphatic hydroxyl groups excluding tert-OH is 1. The van der Waals surface area contributed by atoms with Gasteiger partial charge in [-0.15, -0.1) is 0 Å². The molecule has 0 unspecified atom stereocenters. The smallest absolute Gasteiger partial charge is 0.163 e. The first-order valence-corrected chi connectivity index (χ1v) is 10.6. The number of nitrogens with zero attached hydrogens (tertiary/aromatic N) is 6. The Balaban J connectivity index is 0.00000133. The number of hydrogen-bond acceptors (Lipinski definition) is 7. The predicted molar refractivity (Wildman–Crippen MR) is 140 cm³/mol. The van der Waals surface area contributed by atoms with Crippen LogP contribution in [0.1, 0.15) is 33.8 Å². The maximum Gasteiger partial charge on any atom is 0.163 e. The minimum Gasteiger partial charge on any atom is -0.392 e. The molecule has 2 aromatic heterocycles. The van der Waals surface area contributed by atoms with Crippen molar-refractivity contribution in [2.75, 3.05) is 10.2 Å². The van der Waals surface area contributed by atoms with Crippen molar-refractivity contribution in [1.29, 1.82) is 5.41 Å². The molecule has 0 atom stereocenters. The van der Waals surface area contributed by atoms with E-state index in [4.69, 9.17) is 10.4 Å². The third kappa shape index (κ3) is 5.26. The fourth-order valence-electron chi connectivity index (χ4n) is 3.21. The van der Waals surface area contributed by atoms with Gasteiger partial charge in [-0.2, -0.15) is 15.0 Å². The summed E-state index contributed by atoms with van der Waals surface area (Å²) in [6.45, 7) is 9.40. The van der Waals surface area contributed by atoms with Gasteiger partial charge in [-0.1, -0.05) is 46.1 Å². The Kier molecular flexibility index (Phi) is 8.97. The first-order chi connectivity index (χ1) is 16.0. The first kappa shape index (κ1) is 26.1. The highest BCUT2D eigenvalue weighted by atomic mass is 16.3. The Hall–Kier alpha value is -4.11. The molecule has 0 saturated heterocycles. The van der Waals surface area contributed by atoms with Gasteiger partial charge in [0.25, 0.3) is 0 Å². The monoisotopic (exact) mass is 460 g/mol. The molecule has 178 valence electrons. The largest absolute Gasteiger partial charge is 0.392 e. The molecule has 0 radical (unpaired) electrons. The van der Waals surface area contributed by atoms with Crippen LogP contribution in [-0.4, -0.2) is 37.1 Å². The molecule has 0 amide bonds. The van der Waals surface area contributed by atoms with Crippen LogP contribution in [0.5, 0.6) is 0 Å². The molecule has 3 heterocycles. The number of aliphatic imine (C=N–C) groups is 1. The summed E-state index contributed by atoms with van der Waals surface area (Å²) in [5.41, 5.74) is 4.44. The molecule has 3 N–H and O–H groups in total. The number of anilines is 3. The van der Waals surface area contributed by atoms with E-state index in [-0.39, 0.29) is 19.9 Å².